The molecule has 6 rings (SSSR count). The van der Waals surface area contributed by atoms with Crippen molar-refractivity contribution in [3.63, 3.8) is 0 Å². The van der Waals surface area contributed by atoms with Crippen LogP contribution in [-0.4, -0.2) is 23.6 Å². The van der Waals surface area contributed by atoms with Crippen molar-refractivity contribution in [2.45, 2.75) is 20.8 Å². The van der Waals surface area contributed by atoms with Crippen LogP contribution in [0, 0.1) is 13.8 Å². The minimum Gasteiger partial charge on any atom is -0.366 e. The van der Waals surface area contributed by atoms with Crippen molar-refractivity contribution in [3.8, 4) is 0 Å². The summed E-state index contributed by atoms with van der Waals surface area (Å²) in [6, 6.07) is 25.6. The Labute approximate surface area is 260 Å². The van der Waals surface area contributed by atoms with Crippen LogP contribution in [0.5, 0.6) is 0 Å². The summed E-state index contributed by atoms with van der Waals surface area (Å²) < 4.78 is 0. The van der Waals surface area contributed by atoms with E-state index in [0.717, 1.165) is 50.7 Å². The Kier molecular flexibility index (Phi) is 8.76. The molecule has 0 fully saturated rings. The van der Waals surface area contributed by atoms with Gasteiger partial charge in [0.15, 0.2) is 0 Å². The summed E-state index contributed by atoms with van der Waals surface area (Å²) in [5, 5.41) is 14.6. The molecule has 0 saturated heterocycles. The summed E-state index contributed by atoms with van der Waals surface area (Å²) in [6.45, 7) is 5.42. The number of aryl methyl sites for hydroxylation is 2. The van der Waals surface area contributed by atoms with Crippen molar-refractivity contribution < 1.29 is 19.2 Å². The Morgan fingerprint density at radius 1 is 0.644 bits per heavy atom. The minimum absolute atomic E-state index is 0.109. The van der Waals surface area contributed by atoms with Gasteiger partial charge in [0.2, 0.25) is 11.8 Å². The highest BCUT2D eigenvalue weighted by Gasteiger charge is 2.26. The van der Waals surface area contributed by atoms with Crippen LogP contribution < -0.4 is 32.3 Å². The van der Waals surface area contributed by atoms with Gasteiger partial charge in [-0.2, -0.15) is 0 Å². The molecule has 0 saturated carbocycles. The topological polar surface area (TPSA) is 154 Å². The van der Waals surface area contributed by atoms with Crippen LogP contribution in [0.15, 0.2) is 97.3 Å². The van der Waals surface area contributed by atoms with Gasteiger partial charge in [-0.25, -0.2) is 0 Å². The van der Waals surface area contributed by atoms with Crippen LogP contribution in [0.25, 0.3) is 11.1 Å². The fourth-order valence-corrected chi connectivity index (χ4v) is 5.04. The molecule has 7 N–H and O–H groups in total. The van der Waals surface area contributed by atoms with E-state index in [0.29, 0.717) is 16.7 Å². The number of carbonyl (C=O) groups excluding carboxylic acids is 4. The van der Waals surface area contributed by atoms with E-state index in [1.165, 1.54) is 6.92 Å². The predicted molar refractivity (Wildman–Crippen MR) is 179 cm³/mol. The molecule has 0 radical (unpaired) electrons. The number of fused-ring (bicyclic) bond motifs is 2. The molecule has 10 nitrogen and oxygen atoms in total. The van der Waals surface area contributed by atoms with Crippen LogP contribution in [0.4, 0.5) is 28.4 Å². The molecular formula is C35H32N6O4. The summed E-state index contributed by atoms with van der Waals surface area (Å²) in [5.41, 5.74) is 14.8. The second-order valence-corrected chi connectivity index (χ2v) is 10.5. The molecule has 2 heterocycles. The molecule has 4 amide bonds. The van der Waals surface area contributed by atoms with Gasteiger partial charge in [-0.05, 0) is 85.6 Å². The quantitative estimate of drug-likeness (QED) is 0.152. The number of primary amides is 1. The fourth-order valence-electron chi connectivity index (χ4n) is 5.04. The number of hydrogen-bond donors (Lipinski definition) is 6. The second kappa shape index (κ2) is 13.0. The lowest BCUT2D eigenvalue weighted by Gasteiger charge is -2.06. The molecular weight excluding hydrogens is 568 g/mol. The van der Waals surface area contributed by atoms with E-state index >= 15 is 0 Å². The zero-order chi connectivity index (χ0) is 32.1. The molecule has 0 aromatic heterocycles. The van der Waals surface area contributed by atoms with E-state index in [9.17, 15) is 19.2 Å². The second-order valence-electron chi connectivity index (χ2n) is 10.5. The van der Waals surface area contributed by atoms with Crippen molar-refractivity contribution >= 4 is 63.2 Å². The van der Waals surface area contributed by atoms with Crippen LogP contribution in [0.1, 0.15) is 39.5 Å². The van der Waals surface area contributed by atoms with E-state index in [-0.39, 0.29) is 17.7 Å². The third-order valence-electron chi connectivity index (χ3n) is 7.21. The number of nitrogens with one attached hydrogen (secondary N) is 5. The zero-order valence-electron chi connectivity index (χ0n) is 24.9. The zero-order valence-corrected chi connectivity index (χ0v) is 24.9. The molecule has 0 bridgehead atoms. The van der Waals surface area contributed by atoms with E-state index < -0.39 is 5.91 Å². The molecule has 2 aliphatic rings. The molecule has 4 aromatic rings. The lowest BCUT2D eigenvalue weighted by atomic mass is 10.0. The Balaban J connectivity index is 0.000000178. The fraction of sp³-hybridized carbons (Fsp3) is 0.0857. The molecule has 0 aliphatic carbocycles. The first-order valence-electron chi connectivity index (χ1n) is 14.1. The molecule has 226 valence electrons. The van der Waals surface area contributed by atoms with Gasteiger partial charge in [0.25, 0.3) is 11.8 Å². The Morgan fingerprint density at radius 3 is 1.49 bits per heavy atom. The molecule has 4 aromatic carbocycles. The molecule has 0 spiro atoms. The molecule has 0 unspecified atom stereocenters. The normalized spacial score (nSPS) is 14.5. The number of rotatable bonds is 6. The van der Waals surface area contributed by atoms with E-state index in [1.54, 1.807) is 48.8 Å². The summed E-state index contributed by atoms with van der Waals surface area (Å²) in [4.78, 5) is 46.2. The maximum atomic E-state index is 12.1. The van der Waals surface area contributed by atoms with Gasteiger partial charge >= 0.3 is 0 Å². The van der Waals surface area contributed by atoms with E-state index in [2.05, 4.69) is 26.6 Å². The Bertz CT molecular complexity index is 1880. The van der Waals surface area contributed by atoms with Gasteiger partial charge in [0.05, 0.1) is 11.1 Å². The number of carbonyl (C=O) groups is 4. The van der Waals surface area contributed by atoms with Gasteiger partial charge in [-0.15, -0.1) is 0 Å². The summed E-state index contributed by atoms with van der Waals surface area (Å²) in [5.74, 6) is -0.825. The van der Waals surface area contributed by atoms with Crippen molar-refractivity contribution in [1.29, 1.82) is 0 Å². The van der Waals surface area contributed by atoms with Gasteiger partial charge in [-0.3, -0.25) is 19.2 Å². The van der Waals surface area contributed by atoms with Crippen LogP contribution >= 0.6 is 0 Å². The SMILES string of the molecule is CC(=O)Nc1ccc(NC=C2C(=O)Nc3cccc(C)c32)cc1.Cc1cccc2c1C(=CNc1ccc(C(N)=O)cc1)C(=O)N2. The highest BCUT2D eigenvalue weighted by molar-refractivity contribution is 6.32. The Hall–Kier alpha value is -6.16. The maximum absolute atomic E-state index is 12.1. The predicted octanol–water partition coefficient (Wildman–Crippen LogP) is 5.86. The first kappa shape index (κ1) is 30.3. The number of benzene rings is 4. The summed E-state index contributed by atoms with van der Waals surface area (Å²) in [7, 11) is 0. The van der Waals surface area contributed by atoms with Crippen molar-refractivity contribution in [2.24, 2.45) is 5.73 Å². The maximum Gasteiger partial charge on any atom is 0.257 e. The highest BCUT2D eigenvalue weighted by atomic mass is 16.2. The average molecular weight is 601 g/mol. The number of nitrogens with two attached hydrogens (primary N) is 1. The van der Waals surface area contributed by atoms with Gasteiger partial charge in [0.1, 0.15) is 0 Å². The average Bonchev–Trinajstić information content (AvgIpc) is 3.52. The van der Waals surface area contributed by atoms with Crippen LogP contribution in [0.3, 0.4) is 0 Å². The standard InChI is InChI=1S/C18H17N3O2.C17H15N3O2/c1-11-4-3-5-16-17(11)15(18(23)21-16)10-19-13-6-8-14(9-7-13)20-12(2)22;1-10-3-2-4-14-15(10)13(17(22)20-14)9-19-12-7-5-11(6-8-12)16(18)21/h3-10,19H,1-2H3,(H,20,22)(H,21,23);2-9,19H,1H3,(H2,18,21)(H,20,22). The largest absolute Gasteiger partial charge is 0.366 e. The number of hydrogen-bond acceptors (Lipinski definition) is 6. The van der Waals surface area contributed by atoms with E-state index in [1.807, 2.05) is 62.4 Å². The number of anilines is 5. The van der Waals surface area contributed by atoms with Crippen molar-refractivity contribution in [3.05, 3.63) is 125 Å². The molecule has 10 heteroatoms. The number of amides is 4. The van der Waals surface area contributed by atoms with Gasteiger partial charge in [0, 0.05) is 64.5 Å². The van der Waals surface area contributed by atoms with Gasteiger partial charge < -0.3 is 32.3 Å². The van der Waals surface area contributed by atoms with Crippen LogP contribution in [-0.2, 0) is 14.4 Å². The lowest BCUT2D eigenvalue weighted by Crippen LogP contribution is -2.10. The molecule has 45 heavy (non-hydrogen) atoms. The highest BCUT2D eigenvalue weighted by Crippen LogP contribution is 2.35. The Morgan fingerprint density at radius 2 is 1.07 bits per heavy atom. The lowest BCUT2D eigenvalue weighted by molar-refractivity contribution is -0.114. The van der Waals surface area contributed by atoms with E-state index in [4.69, 9.17) is 5.73 Å². The minimum atomic E-state index is -0.468. The third kappa shape index (κ3) is 6.91. The van der Waals surface area contributed by atoms with Crippen molar-refractivity contribution in [2.75, 3.05) is 26.6 Å². The first-order valence-corrected chi connectivity index (χ1v) is 14.1. The van der Waals surface area contributed by atoms with Crippen LogP contribution in [0.2, 0.25) is 0 Å². The molecule has 0 atom stereocenters. The van der Waals surface area contributed by atoms with Gasteiger partial charge in [-0.1, -0.05) is 24.3 Å². The molecule has 2 aliphatic heterocycles. The first-order chi connectivity index (χ1) is 21.6. The monoisotopic (exact) mass is 600 g/mol. The summed E-state index contributed by atoms with van der Waals surface area (Å²) in [6.07, 6.45) is 3.38. The third-order valence-corrected chi connectivity index (χ3v) is 7.21. The summed E-state index contributed by atoms with van der Waals surface area (Å²) >= 11 is 0. The van der Waals surface area contributed by atoms with Crippen molar-refractivity contribution in [1.82, 2.24) is 0 Å². The smallest absolute Gasteiger partial charge is 0.257 e.